The van der Waals surface area contributed by atoms with Gasteiger partial charge in [0.05, 0.1) is 12.1 Å². The number of nitrogens with zero attached hydrogens (tertiary/aromatic N) is 1. The maximum absolute atomic E-state index is 12.2. The van der Waals surface area contributed by atoms with Gasteiger partial charge in [-0.1, -0.05) is 6.92 Å². The summed E-state index contributed by atoms with van der Waals surface area (Å²) in [5, 5.41) is 1.96. The van der Waals surface area contributed by atoms with Crippen LogP contribution in [0.25, 0.3) is 0 Å². The Bertz CT molecular complexity index is 461. The Balaban J connectivity index is 2.65. The number of hydrogen-bond acceptors (Lipinski definition) is 5. The largest absolute Gasteiger partial charge is 0.444 e. The molecule has 1 fully saturated rings. The summed E-state index contributed by atoms with van der Waals surface area (Å²) in [5.74, 6) is -0.597. The highest BCUT2D eigenvalue weighted by Gasteiger charge is 2.38. The van der Waals surface area contributed by atoms with Gasteiger partial charge in [0.25, 0.3) is 5.91 Å². The molecule has 0 aliphatic carbocycles. The van der Waals surface area contributed by atoms with E-state index in [2.05, 4.69) is 0 Å². The van der Waals surface area contributed by atoms with Crippen LogP contribution in [0.4, 0.5) is 9.59 Å². The lowest BCUT2D eigenvalue weighted by molar-refractivity contribution is -0.137. The summed E-state index contributed by atoms with van der Waals surface area (Å²) in [6.45, 7) is 8.03. The molecular weight excluding hydrogens is 302 g/mol. The van der Waals surface area contributed by atoms with Crippen molar-refractivity contribution >= 4 is 18.0 Å². The molecule has 8 nitrogen and oxygen atoms in total. The Morgan fingerprint density at radius 1 is 1.30 bits per heavy atom. The summed E-state index contributed by atoms with van der Waals surface area (Å²) in [6, 6.07) is -0.914. The molecule has 4 amide bonds. The fraction of sp³-hybridized carbons (Fsp3) is 0.800. The van der Waals surface area contributed by atoms with Crippen LogP contribution in [0.5, 0.6) is 0 Å². The van der Waals surface area contributed by atoms with Crippen molar-refractivity contribution in [1.29, 1.82) is 0 Å². The molecule has 0 spiro atoms. The number of likely N-dealkylation sites (tertiary alicyclic amines) is 1. The Morgan fingerprint density at radius 3 is 2.48 bits per heavy atom. The molecule has 0 aromatic carbocycles. The highest BCUT2D eigenvalue weighted by Crippen LogP contribution is 2.29. The predicted octanol–water partition coefficient (Wildman–Crippen LogP) is 1.38. The van der Waals surface area contributed by atoms with Crippen LogP contribution in [0.1, 0.15) is 47.0 Å². The van der Waals surface area contributed by atoms with Gasteiger partial charge in [-0.2, -0.15) is 0 Å². The number of urea groups is 1. The summed E-state index contributed by atoms with van der Waals surface area (Å²) in [7, 11) is 0. The quantitative estimate of drug-likeness (QED) is 0.809. The molecule has 8 heteroatoms. The number of piperidine rings is 1. The van der Waals surface area contributed by atoms with Gasteiger partial charge in [0.15, 0.2) is 0 Å². The molecule has 0 aromatic heterocycles. The molecule has 1 rings (SSSR count). The third kappa shape index (κ3) is 6.43. The molecule has 23 heavy (non-hydrogen) atoms. The molecule has 132 valence electrons. The lowest BCUT2D eigenvalue weighted by atomic mass is 9.90. The smallest absolute Gasteiger partial charge is 0.410 e. The van der Waals surface area contributed by atoms with Crippen LogP contribution in [0.2, 0.25) is 0 Å². The fourth-order valence-electron chi connectivity index (χ4n) is 2.48. The van der Waals surface area contributed by atoms with Gasteiger partial charge >= 0.3 is 12.1 Å². The molecule has 0 saturated carbocycles. The third-order valence-corrected chi connectivity index (χ3v) is 3.61. The minimum atomic E-state index is -0.914. The number of nitrogens with two attached hydrogens (primary N) is 1. The standard InChI is InChI=1S/C15H27N3O5/c1-5-15(22-9-11(19)17-12(16)20)7-6-8-18(10-15)13(21)23-14(2,3)4/h5-10H2,1-4H3,(H3,16,17,19,20). The van der Waals surface area contributed by atoms with Crippen LogP contribution < -0.4 is 11.1 Å². The first-order chi connectivity index (χ1) is 10.6. The first-order valence-electron chi connectivity index (χ1n) is 7.78. The number of nitrogens with one attached hydrogen (secondary N) is 1. The van der Waals surface area contributed by atoms with Crippen LogP contribution in [0, 0.1) is 0 Å². The van der Waals surface area contributed by atoms with Gasteiger partial charge in [0.2, 0.25) is 0 Å². The monoisotopic (exact) mass is 329 g/mol. The number of hydrogen-bond donors (Lipinski definition) is 2. The topological polar surface area (TPSA) is 111 Å². The minimum absolute atomic E-state index is 0.279. The van der Waals surface area contributed by atoms with Gasteiger partial charge in [0, 0.05) is 6.54 Å². The Morgan fingerprint density at radius 2 is 1.96 bits per heavy atom. The van der Waals surface area contributed by atoms with Crippen molar-refractivity contribution < 1.29 is 23.9 Å². The zero-order valence-corrected chi connectivity index (χ0v) is 14.3. The number of ether oxygens (including phenoxy) is 2. The van der Waals surface area contributed by atoms with Crippen molar-refractivity contribution in [2.24, 2.45) is 5.73 Å². The van der Waals surface area contributed by atoms with Gasteiger partial charge in [0.1, 0.15) is 12.2 Å². The Kier molecular flexibility index (Phi) is 6.37. The number of primary amides is 1. The summed E-state index contributed by atoms with van der Waals surface area (Å²) in [4.78, 5) is 36.0. The average molecular weight is 329 g/mol. The van der Waals surface area contributed by atoms with E-state index in [9.17, 15) is 14.4 Å². The number of carbonyl (C=O) groups excluding carboxylic acids is 3. The predicted molar refractivity (Wildman–Crippen MR) is 83.7 cm³/mol. The van der Waals surface area contributed by atoms with Crippen LogP contribution in [-0.4, -0.2) is 53.8 Å². The molecule has 1 heterocycles. The van der Waals surface area contributed by atoms with Gasteiger partial charge in [-0.25, -0.2) is 9.59 Å². The van der Waals surface area contributed by atoms with E-state index in [-0.39, 0.29) is 12.7 Å². The molecular formula is C15H27N3O5. The Labute approximate surface area is 136 Å². The summed E-state index contributed by atoms with van der Waals surface area (Å²) in [5.41, 5.74) is 3.71. The van der Waals surface area contributed by atoms with Gasteiger partial charge in [-0.3, -0.25) is 10.1 Å². The third-order valence-electron chi connectivity index (χ3n) is 3.61. The second-order valence-electron chi connectivity index (χ2n) is 6.74. The zero-order valence-electron chi connectivity index (χ0n) is 14.3. The van der Waals surface area contributed by atoms with Gasteiger partial charge in [-0.05, 0) is 40.0 Å². The van der Waals surface area contributed by atoms with E-state index in [0.717, 1.165) is 12.8 Å². The van der Waals surface area contributed by atoms with Gasteiger partial charge in [-0.15, -0.1) is 0 Å². The van der Waals surface area contributed by atoms with Crippen LogP contribution in [0.3, 0.4) is 0 Å². The van der Waals surface area contributed by atoms with E-state index in [1.165, 1.54) is 0 Å². The number of carbonyl (C=O) groups is 3. The van der Waals surface area contributed by atoms with Crippen LogP contribution in [-0.2, 0) is 14.3 Å². The van der Waals surface area contributed by atoms with E-state index in [0.29, 0.717) is 19.5 Å². The average Bonchev–Trinajstić information content (AvgIpc) is 2.43. The molecule has 0 bridgehead atoms. The van der Waals surface area contributed by atoms with E-state index in [4.69, 9.17) is 15.2 Å². The molecule has 1 aliphatic rings. The molecule has 1 atom stereocenters. The van der Waals surface area contributed by atoms with Crippen molar-refractivity contribution in [2.75, 3.05) is 19.7 Å². The van der Waals surface area contributed by atoms with Crippen molar-refractivity contribution in [3.8, 4) is 0 Å². The van der Waals surface area contributed by atoms with Crippen molar-refractivity contribution in [3.63, 3.8) is 0 Å². The Hall–Kier alpha value is -1.83. The zero-order chi connectivity index (χ0) is 17.7. The minimum Gasteiger partial charge on any atom is -0.444 e. The lowest BCUT2D eigenvalue weighted by Crippen LogP contribution is -2.53. The van der Waals surface area contributed by atoms with E-state index >= 15 is 0 Å². The number of imide groups is 1. The molecule has 1 saturated heterocycles. The highest BCUT2D eigenvalue weighted by atomic mass is 16.6. The molecule has 0 radical (unpaired) electrons. The number of amides is 4. The van der Waals surface area contributed by atoms with Crippen LogP contribution in [0.15, 0.2) is 0 Å². The molecule has 1 aliphatic heterocycles. The molecule has 1 unspecified atom stereocenters. The first kappa shape index (κ1) is 19.2. The first-order valence-corrected chi connectivity index (χ1v) is 7.78. The van der Waals surface area contributed by atoms with Crippen molar-refractivity contribution in [3.05, 3.63) is 0 Å². The summed E-state index contributed by atoms with van der Waals surface area (Å²) >= 11 is 0. The summed E-state index contributed by atoms with van der Waals surface area (Å²) < 4.78 is 11.1. The highest BCUT2D eigenvalue weighted by molar-refractivity contribution is 5.94. The maximum atomic E-state index is 12.2. The normalized spacial score (nSPS) is 21.7. The number of rotatable bonds is 4. The SMILES string of the molecule is CCC1(OCC(=O)NC(N)=O)CCCN(C(=O)OC(C)(C)C)C1. The maximum Gasteiger partial charge on any atom is 0.410 e. The van der Waals surface area contributed by atoms with Gasteiger partial charge < -0.3 is 20.1 Å². The molecule has 0 aromatic rings. The van der Waals surface area contributed by atoms with Crippen molar-refractivity contribution in [1.82, 2.24) is 10.2 Å². The summed E-state index contributed by atoms with van der Waals surface area (Å²) in [6.07, 6.45) is 1.73. The second-order valence-corrected chi connectivity index (χ2v) is 6.74. The van der Waals surface area contributed by atoms with Crippen LogP contribution >= 0.6 is 0 Å². The molecule has 3 N–H and O–H groups in total. The lowest BCUT2D eigenvalue weighted by Gasteiger charge is -2.42. The van der Waals surface area contributed by atoms with E-state index in [1.54, 1.807) is 4.90 Å². The fourth-order valence-corrected chi connectivity index (χ4v) is 2.48. The van der Waals surface area contributed by atoms with Crippen molar-refractivity contribution in [2.45, 2.75) is 58.2 Å². The van der Waals surface area contributed by atoms with E-state index in [1.807, 2.05) is 33.0 Å². The van der Waals surface area contributed by atoms with E-state index < -0.39 is 23.1 Å². The second kappa shape index (κ2) is 7.63.